The van der Waals surface area contributed by atoms with Gasteiger partial charge in [0, 0.05) is 0 Å². The Morgan fingerprint density at radius 2 is 2.30 bits per heavy atom. The predicted octanol–water partition coefficient (Wildman–Crippen LogP) is 0.878. The number of hydrogen-bond acceptors (Lipinski definition) is 4. The average Bonchev–Trinajstić information content (AvgIpc) is 2.34. The normalized spacial score (nSPS) is 10.5. The Kier molecular flexibility index (Phi) is 0.943. The van der Waals surface area contributed by atoms with Gasteiger partial charge in [-0.3, -0.25) is 0 Å². The molecular formula is C6H5N3O. The number of aromatic nitrogens is 3. The molecule has 0 saturated heterocycles. The van der Waals surface area contributed by atoms with Crippen molar-refractivity contribution in [3.05, 3.63) is 18.4 Å². The summed E-state index contributed by atoms with van der Waals surface area (Å²) in [6, 6.07) is 0. The molecule has 2 aliphatic heterocycles. The minimum Gasteiger partial charge on any atom is -0.452 e. The van der Waals surface area contributed by atoms with Crippen molar-refractivity contribution in [2.24, 2.45) is 0 Å². The average molecular weight is 135 g/mol. The summed E-state index contributed by atoms with van der Waals surface area (Å²) in [7, 11) is 0. The van der Waals surface area contributed by atoms with Gasteiger partial charge in [0.05, 0.1) is 11.3 Å². The Morgan fingerprint density at radius 1 is 1.40 bits per heavy atom. The molecule has 2 aliphatic rings. The molecule has 0 aromatic carbocycles. The summed E-state index contributed by atoms with van der Waals surface area (Å²) in [5.41, 5.74) is 1.73. The van der Waals surface area contributed by atoms with E-state index >= 15 is 0 Å². The zero-order valence-electron chi connectivity index (χ0n) is 5.40. The molecule has 0 radical (unpaired) electrons. The summed E-state index contributed by atoms with van der Waals surface area (Å²) in [4.78, 5) is 3.86. The highest BCUT2D eigenvalue weighted by atomic mass is 16.3. The molecule has 0 aromatic rings. The molecule has 0 aliphatic carbocycles. The van der Waals surface area contributed by atoms with Crippen LogP contribution in [0.4, 0.5) is 0 Å². The third-order valence-electron chi connectivity index (χ3n) is 1.35. The third kappa shape index (κ3) is 0.586. The molecule has 0 bridgehead atoms. The fourth-order valence-corrected chi connectivity index (χ4v) is 0.804. The van der Waals surface area contributed by atoms with Crippen molar-refractivity contribution in [3.8, 4) is 11.4 Å². The van der Waals surface area contributed by atoms with Gasteiger partial charge in [0.15, 0.2) is 12.2 Å². The van der Waals surface area contributed by atoms with Crippen molar-refractivity contribution in [1.82, 2.24) is 15.2 Å². The van der Waals surface area contributed by atoms with Crippen molar-refractivity contribution in [3.63, 3.8) is 0 Å². The van der Waals surface area contributed by atoms with Gasteiger partial charge >= 0.3 is 0 Å². The van der Waals surface area contributed by atoms with E-state index < -0.39 is 0 Å². The first kappa shape index (κ1) is 5.34. The number of fused-ring (bicyclic) bond motifs is 1. The first-order valence-corrected chi connectivity index (χ1v) is 2.89. The van der Waals surface area contributed by atoms with E-state index in [2.05, 4.69) is 15.2 Å². The quantitative estimate of drug-likeness (QED) is 0.538. The van der Waals surface area contributed by atoms with Crippen LogP contribution < -0.4 is 0 Å². The van der Waals surface area contributed by atoms with Crippen molar-refractivity contribution >= 4 is 0 Å². The highest BCUT2D eigenvalue weighted by molar-refractivity contribution is 5.56. The van der Waals surface area contributed by atoms with Crippen molar-refractivity contribution in [1.29, 1.82) is 0 Å². The molecule has 0 N–H and O–H groups in total. The number of aryl methyl sites for hydroxylation is 1. The molecule has 2 heterocycles. The highest BCUT2D eigenvalue weighted by Gasteiger charge is 2.09. The van der Waals surface area contributed by atoms with Gasteiger partial charge < -0.3 is 4.42 Å². The molecule has 50 valence electrons. The summed E-state index contributed by atoms with van der Waals surface area (Å²) in [6.45, 7) is 1.87. The zero-order chi connectivity index (χ0) is 6.97. The van der Waals surface area contributed by atoms with Gasteiger partial charge in [-0.25, -0.2) is 0 Å². The molecule has 10 heavy (non-hydrogen) atoms. The van der Waals surface area contributed by atoms with Crippen LogP contribution in [0.1, 0.15) is 5.69 Å². The van der Waals surface area contributed by atoms with Crippen LogP contribution in [0.25, 0.3) is 11.4 Å². The molecule has 2 rings (SSSR count). The summed E-state index contributed by atoms with van der Waals surface area (Å²) in [5.74, 6) is 0.642. The fourth-order valence-electron chi connectivity index (χ4n) is 0.804. The van der Waals surface area contributed by atoms with E-state index in [1.807, 2.05) is 6.92 Å². The summed E-state index contributed by atoms with van der Waals surface area (Å²) in [6.07, 6.45) is 2.94. The first-order valence-electron chi connectivity index (χ1n) is 2.89. The summed E-state index contributed by atoms with van der Waals surface area (Å²) >= 11 is 0. The van der Waals surface area contributed by atoms with Gasteiger partial charge in [-0.15, -0.1) is 5.10 Å². The van der Waals surface area contributed by atoms with Crippen molar-refractivity contribution in [2.75, 3.05) is 0 Å². The fraction of sp³-hybridized carbons (Fsp3) is 0.167. The first-order chi connectivity index (χ1) is 4.88. The molecule has 4 nitrogen and oxygen atoms in total. The number of nitrogens with zero attached hydrogens (tertiary/aromatic N) is 3. The molecule has 0 amide bonds. The zero-order valence-corrected chi connectivity index (χ0v) is 5.40. The molecule has 0 aromatic heterocycles. The molecule has 0 unspecified atom stereocenters. The Hall–Kier alpha value is -1.45. The molecule has 0 spiro atoms. The maximum Gasteiger partial charge on any atom is 0.189 e. The van der Waals surface area contributed by atoms with E-state index in [1.165, 1.54) is 6.39 Å². The minimum absolute atomic E-state index is 0.642. The lowest BCUT2D eigenvalue weighted by atomic mass is 10.3. The largest absolute Gasteiger partial charge is 0.452 e. The number of hydrogen-bond donors (Lipinski definition) is 0. The van der Waals surface area contributed by atoms with Gasteiger partial charge in [-0.05, 0) is 6.92 Å². The maximum absolute atomic E-state index is 4.84. The van der Waals surface area contributed by atoms with E-state index in [0.717, 1.165) is 11.3 Å². The van der Waals surface area contributed by atoms with E-state index in [4.69, 9.17) is 4.42 Å². The monoisotopic (exact) mass is 135 g/mol. The van der Waals surface area contributed by atoms with E-state index in [1.54, 1.807) is 6.26 Å². The Labute approximate surface area is 57.3 Å². The smallest absolute Gasteiger partial charge is 0.189 e. The van der Waals surface area contributed by atoms with Gasteiger partial charge in [-0.1, -0.05) is 0 Å². The summed E-state index contributed by atoms with van der Waals surface area (Å²) in [5, 5.41) is 7.62. The van der Waals surface area contributed by atoms with Crippen LogP contribution in [0.3, 0.4) is 0 Å². The van der Waals surface area contributed by atoms with Crippen molar-refractivity contribution < 1.29 is 4.42 Å². The van der Waals surface area contributed by atoms with Crippen LogP contribution in [0.15, 0.2) is 17.1 Å². The predicted molar refractivity (Wildman–Crippen MR) is 33.5 cm³/mol. The maximum atomic E-state index is 4.84. The van der Waals surface area contributed by atoms with Crippen LogP contribution in [0.2, 0.25) is 0 Å². The summed E-state index contributed by atoms with van der Waals surface area (Å²) < 4.78 is 4.84. The second kappa shape index (κ2) is 1.76. The topological polar surface area (TPSA) is 51.8 Å². The molecule has 0 atom stereocenters. The van der Waals surface area contributed by atoms with Crippen LogP contribution in [-0.2, 0) is 0 Å². The van der Waals surface area contributed by atoms with E-state index in [-0.39, 0.29) is 0 Å². The van der Waals surface area contributed by atoms with Gasteiger partial charge in [0.1, 0.15) is 6.26 Å². The lowest BCUT2D eigenvalue weighted by Crippen LogP contribution is -1.80. The third-order valence-corrected chi connectivity index (χ3v) is 1.35. The standard InChI is InChI=1S/C6H5N3O/c1-4-5-2-10-3-7-6(5)9-8-4/h2-3H,1H3. The van der Waals surface area contributed by atoms with Crippen LogP contribution >= 0.6 is 0 Å². The Bertz CT molecular complexity index is 317. The Balaban J connectivity index is 2.78. The van der Waals surface area contributed by atoms with E-state index in [9.17, 15) is 0 Å². The number of rotatable bonds is 0. The molecular weight excluding hydrogens is 130 g/mol. The molecule has 0 saturated carbocycles. The van der Waals surface area contributed by atoms with Crippen molar-refractivity contribution in [2.45, 2.75) is 6.92 Å². The van der Waals surface area contributed by atoms with Gasteiger partial charge in [0.25, 0.3) is 0 Å². The SMILES string of the molecule is Cc1nnc2ncocc1-2. The highest BCUT2D eigenvalue weighted by Crippen LogP contribution is 2.17. The molecule has 4 heteroatoms. The lowest BCUT2D eigenvalue weighted by Gasteiger charge is -1.90. The van der Waals surface area contributed by atoms with E-state index in [0.29, 0.717) is 5.82 Å². The van der Waals surface area contributed by atoms with Gasteiger partial charge in [0.2, 0.25) is 0 Å². The van der Waals surface area contributed by atoms with Crippen LogP contribution in [0, 0.1) is 6.92 Å². The lowest BCUT2D eigenvalue weighted by molar-refractivity contribution is 0.528. The minimum atomic E-state index is 0.642. The van der Waals surface area contributed by atoms with Crippen LogP contribution in [-0.4, -0.2) is 15.2 Å². The second-order valence-electron chi connectivity index (χ2n) is 2.01. The second-order valence-corrected chi connectivity index (χ2v) is 2.01. The van der Waals surface area contributed by atoms with Gasteiger partial charge in [-0.2, -0.15) is 10.1 Å². The Morgan fingerprint density at radius 3 is 3.10 bits per heavy atom. The van der Waals surface area contributed by atoms with Crippen LogP contribution in [0.5, 0.6) is 0 Å². The molecule has 0 fully saturated rings.